The van der Waals surface area contributed by atoms with Crippen molar-refractivity contribution in [3.63, 3.8) is 0 Å². The summed E-state index contributed by atoms with van der Waals surface area (Å²) in [6.45, 7) is 1.40. The van der Waals surface area contributed by atoms with Crippen LogP contribution in [0.4, 0.5) is 0 Å². The van der Waals surface area contributed by atoms with Crippen molar-refractivity contribution in [2.24, 2.45) is 5.73 Å². The first kappa shape index (κ1) is 12.8. The molecule has 0 radical (unpaired) electrons. The number of amides is 1. The lowest BCUT2D eigenvalue weighted by molar-refractivity contribution is 0.0708. The van der Waals surface area contributed by atoms with E-state index in [0.717, 1.165) is 19.4 Å². The van der Waals surface area contributed by atoms with Gasteiger partial charge in [0.05, 0.1) is 0 Å². The summed E-state index contributed by atoms with van der Waals surface area (Å²) in [4.78, 5) is 22.5. The van der Waals surface area contributed by atoms with Crippen molar-refractivity contribution in [1.29, 1.82) is 0 Å². The number of carbonyl (C=O) groups is 1. The van der Waals surface area contributed by atoms with Crippen LogP contribution in [0.25, 0.3) is 5.82 Å². The molecule has 0 saturated carbocycles. The summed E-state index contributed by atoms with van der Waals surface area (Å²) < 4.78 is 1.78. The molecule has 0 aromatic carbocycles. The molecule has 1 aliphatic rings. The number of nitrogens with two attached hydrogens (primary N) is 1. The first-order chi connectivity index (χ1) is 9.74. The minimum atomic E-state index is 0.0175. The van der Waals surface area contributed by atoms with Gasteiger partial charge in [-0.05, 0) is 25.0 Å². The Kier molecular flexibility index (Phi) is 3.47. The highest BCUT2D eigenvalue weighted by atomic mass is 16.2. The quantitative estimate of drug-likeness (QED) is 0.877. The highest BCUT2D eigenvalue weighted by molar-refractivity contribution is 5.94. The van der Waals surface area contributed by atoms with Gasteiger partial charge in [0.25, 0.3) is 5.91 Å². The number of nitrogens with zero attached hydrogens (tertiary/aromatic N) is 4. The minimum absolute atomic E-state index is 0.0175. The lowest BCUT2D eigenvalue weighted by Crippen LogP contribution is -2.45. The van der Waals surface area contributed by atoms with Crippen LogP contribution >= 0.6 is 0 Å². The molecule has 3 heterocycles. The molecule has 0 spiro atoms. The van der Waals surface area contributed by atoms with Gasteiger partial charge in [-0.2, -0.15) is 0 Å². The van der Waals surface area contributed by atoms with Crippen molar-refractivity contribution in [3.8, 4) is 5.82 Å². The number of pyridine rings is 1. The Morgan fingerprint density at radius 2 is 2.30 bits per heavy atom. The standard InChI is InChI=1S/C14H17N5O/c15-12-2-1-6-18(9-12)14(20)11-3-4-17-13(8-11)19-7-5-16-10-19/h3-5,7-8,10,12H,1-2,6,9,15H2. The summed E-state index contributed by atoms with van der Waals surface area (Å²) in [6, 6.07) is 3.61. The molecular weight excluding hydrogens is 254 g/mol. The number of hydrogen-bond donors (Lipinski definition) is 1. The maximum absolute atomic E-state index is 12.5. The SMILES string of the molecule is NC1CCCN(C(=O)c2ccnc(-n3ccnc3)c2)C1. The van der Waals surface area contributed by atoms with Crippen LogP contribution in [0.5, 0.6) is 0 Å². The molecule has 2 aromatic heterocycles. The van der Waals surface area contributed by atoms with Crippen molar-refractivity contribution in [2.75, 3.05) is 13.1 Å². The lowest BCUT2D eigenvalue weighted by Gasteiger charge is -2.30. The van der Waals surface area contributed by atoms with Crippen LogP contribution in [0.1, 0.15) is 23.2 Å². The molecule has 0 bridgehead atoms. The Balaban J connectivity index is 1.83. The average molecular weight is 271 g/mol. The maximum Gasteiger partial charge on any atom is 0.254 e. The minimum Gasteiger partial charge on any atom is -0.337 e. The average Bonchev–Trinajstić information content (AvgIpc) is 3.01. The van der Waals surface area contributed by atoms with E-state index < -0.39 is 0 Å². The number of aromatic nitrogens is 3. The Morgan fingerprint density at radius 3 is 3.05 bits per heavy atom. The van der Waals surface area contributed by atoms with Gasteiger partial charge in [0.2, 0.25) is 0 Å². The summed E-state index contributed by atoms with van der Waals surface area (Å²) in [5.74, 6) is 0.707. The summed E-state index contributed by atoms with van der Waals surface area (Å²) in [5.41, 5.74) is 6.57. The van der Waals surface area contributed by atoms with Crippen LogP contribution < -0.4 is 5.73 Å². The molecule has 6 nitrogen and oxygen atoms in total. The van der Waals surface area contributed by atoms with Crippen LogP contribution in [0.3, 0.4) is 0 Å². The molecule has 1 saturated heterocycles. The molecule has 1 amide bonds. The van der Waals surface area contributed by atoms with Gasteiger partial charge in [-0.15, -0.1) is 0 Å². The Hall–Kier alpha value is -2.21. The highest BCUT2D eigenvalue weighted by Crippen LogP contribution is 2.14. The molecular formula is C14H17N5O. The third-order valence-corrected chi connectivity index (χ3v) is 3.51. The fourth-order valence-corrected chi connectivity index (χ4v) is 2.46. The van der Waals surface area contributed by atoms with E-state index in [2.05, 4.69) is 9.97 Å². The molecule has 6 heteroatoms. The van der Waals surface area contributed by atoms with Crippen LogP contribution in [0, 0.1) is 0 Å². The second-order valence-corrected chi connectivity index (χ2v) is 5.03. The molecule has 1 unspecified atom stereocenters. The number of hydrogen-bond acceptors (Lipinski definition) is 4. The number of rotatable bonds is 2. The van der Waals surface area contributed by atoms with Crippen molar-refractivity contribution in [2.45, 2.75) is 18.9 Å². The van der Waals surface area contributed by atoms with Crippen molar-refractivity contribution >= 4 is 5.91 Å². The number of piperidine rings is 1. The number of carbonyl (C=O) groups excluding carboxylic acids is 1. The smallest absolute Gasteiger partial charge is 0.254 e. The first-order valence-electron chi connectivity index (χ1n) is 6.73. The third-order valence-electron chi connectivity index (χ3n) is 3.51. The summed E-state index contributed by atoms with van der Waals surface area (Å²) in [7, 11) is 0. The molecule has 2 N–H and O–H groups in total. The fraction of sp³-hybridized carbons (Fsp3) is 0.357. The van der Waals surface area contributed by atoms with Gasteiger partial charge in [-0.25, -0.2) is 9.97 Å². The fourth-order valence-electron chi connectivity index (χ4n) is 2.46. The van der Waals surface area contributed by atoms with Crippen LogP contribution in [0.2, 0.25) is 0 Å². The van der Waals surface area contributed by atoms with E-state index in [9.17, 15) is 4.79 Å². The maximum atomic E-state index is 12.5. The Morgan fingerprint density at radius 1 is 1.40 bits per heavy atom. The second-order valence-electron chi connectivity index (χ2n) is 5.03. The van der Waals surface area contributed by atoms with E-state index >= 15 is 0 Å². The highest BCUT2D eigenvalue weighted by Gasteiger charge is 2.22. The van der Waals surface area contributed by atoms with Gasteiger partial charge in [0.1, 0.15) is 12.1 Å². The zero-order chi connectivity index (χ0) is 13.9. The first-order valence-corrected chi connectivity index (χ1v) is 6.73. The Bertz CT molecular complexity index is 595. The van der Waals surface area contributed by atoms with E-state index in [4.69, 9.17) is 5.73 Å². The van der Waals surface area contributed by atoms with E-state index in [1.54, 1.807) is 41.6 Å². The van der Waals surface area contributed by atoms with E-state index in [1.165, 1.54) is 0 Å². The summed E-state index contributed by atoms with van der Waals surface area (Å²) in [5, 5.41) is 0. The van der Waals surface area contributed by atoms with E-state index in [0.29, 0.717) is 17.9 Å². The van der Waals surface area contributed by atoms with Gasteiger partial charge >= 0.3 is 0 Å². The molecule has 20 heavy (non-hydrogen) atoms. The zero-order valence-corrected chi connectivity index (χ0v) is 11.1. The van der Waals surface area contributed by atoms with Gasteiger partial charge in [0, 0.05) is 43.3 Å². The van der Waals surface area contributed by atoms with Crippen LogP contribution in [-0.2, 0) is 0 Å². The largest absolute Gasteiger partial charge is 0.337 e. The van der Waals surface area contributed by atoms with Crippen LogP contribution in [-0.4, -0.2) is 44.5 Å². The van der Waals surface area contributed by atoms with E-state index in [1.807, 2.05) is 4.90 Å². The lowest BCUT2D eigenvalue weighted by atomic mass is 10.1. The molecule has 1 atom stereocenters. The van der Waals surface area contributed by atoms with Crippen molar-refractivity contribution in [3.05, 3.63) is 42.6 Å². The molecule has 3 rings (SSSR count). The molecule has 2 aromatic rings. The summed E-state index contributed by atoms with van der Waals surface area (Å²) >= 11 is 0. The second kappa shape index (κ2) is 5.42. The Labute approximate surface area is 117 Å². The third kappa shape index (κ3) is 2.55. The zero-order valence-electron chi connectivity index (χ0n) is 11.1. The van der Waals surface area contributed by atoms with Gasteiger partial charge < -0.3 is 10.6 Å². The van der Waals surface area contributed by atoms with Crippen LogP contribution in [0.15, 0.2) is 37.1 Å². The molecule has 1 fully saturated rings. The van der Waals surface area contributed by atoms with Crippen molar-refractivity contribution in [1.82, 2.24) is 19.4 Å². The van der Waals surface area contributed by atoms with Gasteiger partial charge in [-0.3, -0.25) is 9.36 Å². The van der Waals surface area contributed by atoms with Gasteiger partial charge in [0.15, 0.2) is 0 Å². The topological polar surface area (TPSA) is 77.0 Å². The predicted molar refractivity (Wildman–Crippen MR) is 74.5 cm³/mol. The van der Waals surface area contributed by atoms with Crippen molar-refractivity contribution < 1.29 is 4.79 Å². The monoisotopic (exact) mass is 271 g/mol. The molecule has 1 aliphatic heterocycles. The molecule has 104 valence electrons. The number of imidazole rings is 1. The van der Waals surface area contributed by atoms with E-state index in [-0.39, 0.29) is 11.9 Å². The molecule has 0 aliphatic carbocycles. The predicted octanol–water partition coefficient (Wildman–Crippen LogP) is 0.831. The number of likely N-dealkylation sites (tertiary alicyclic amines) is 1. The van der Waals surface area contributed by atoms with Gasteiger partial charge in [-0.1, -0.05) is 0 Å². The summed E-state index contributed by atoms with van der Waals surface area (Å²) in [6.07, 6.45) is 8.74. The normalized spacial score (nSPS) is 19.1.